The standard InChI is InChI=1S/C10H19N5.ClH/c1-2-11-8-10-12-13-14-15(10)9-6-4-3-5-7-9;/h9,11H,2-8H2,1H3;1H. The number of nitrogens with zero attached hydrogens (tertiary/aromatic N) is 4. The Balaban J connectivity index is 0.00000128. The maximum atomic E-state index is 4.11. The van der Waals surface area contributed by atoms with E-state index in [9.17, 15) is 0 Å². The van der Waals surface area contributed by atoms with Crippen molar-refractivity contribution in [2.75, 3.05) is 6.54 Å². The lowest BCUT2D eigenvalue weighted by Gasteiger charge is -2.22. The predicted octanol–water partition coefficient (Wildman–Crippen LogP) is 1.71. The van der Waals surface area contributed by atoms with Gasteiger partial charge in [-0.05, 0) is 29.8 Å². The Morgan fingerprint density at radius 3 is 2.75 bits per heavy atom. The number of rotatable bonds is 4. The largest absolute Gasteiger partial charge is 0.310 e. The van der Waals surface area contributed by atoms with E-state index in [1.54, 1.807) is 0 Å². The van der Waals surface area contributed by atoms with Gasteiger partial charge in [-0.2, -0.15) is 0 Å². The van der Waals surface area contributed by atoms with E-state index in [1.807, 2.05) is 4.68 Å². The van der Waals surface area contributed by atoms with Crippen LogP contribution in [0.4, 0.5) is 0 Å². The molecule has 0 aromatic carbocycles. The second-order valence-corrected chi connectivity index (χ2v) is 4.11. The summed E-state index contributed by atoms with van der Waals surface area (Å²) in [7, 11) is 0. The quantitative estimate of drug-likeness (QED) is 0.878. The maximum Gasteiger partial charge on any atom is 0.165 e. The Hall–Kier alpha value is -0.680. The van der Waals surface area contributed by atoms with Crippen molar-refractivity contribution in [3.63, 3.8) is 0 Å². The first-order valence-electron chi connectivity index (χ1n) is 5.89. The van der Waals surface area contributed by atoms with Crippen LogP contribution in [0.2, 0.25) is 0 Å². The monoisotopic (exact) mass is 245 g/mol. The summed E-state index contributed by atoms with van der Waals surface area (Å²) in [5.74, 6) is 0.976. The third-order valence-corrected chi connectivity index (χ3v) is 3.01. The van der Waals surface area contributed by atoms with Gasteiger partial charge in [-0.15, -0.1) is 17.5 Å². The molecule has 1 aliphatic rings. The van der Waals surface area contributed by atoms with Crippen LogP contribution in [0.15, 0.2) is 0 Å². The molecule has 1 aromatic heterocycles. The number of aromatic nitrogens is 4. The van der Waals surface area contributed by atoms with Gasteiger partial charge in [0, 0.05) is 0 Å². The predicted molar refractivity (Wildman–Crippen MR) is 64.6 cm³/mol. The van der Waals surface area contributed by atoms with Crippen LogP contribution in [0.3, 0.4) is 0 Å². The van der Waals surface area contributed by atoms with E-state index in [2.05, 4.69) is 27.8 Å². The van der Waals surface area contributed by atoms with Crippen LogP contribution in [0.1, 0.15) is 50.9 Å². The van der Waals surface area contributed by atoms with Crippen LogP contribution < -0.4 is 5.32 Å². The van der Waals surface area contributed by atoms with Gasteiger partial charge in [-0.3, -0.25) is 0 Å². The minimum absolute atomic E-state index is 0. The lowest BCUT2D eigenvalue weighted by atomic mass is 9.96. The van der Waals surface area contributed by atoms with Gasteiger partial charge in [0.15, 0.2) is 5.82 Å². The van der Waals surface area contributed by atoms with Gasteiger partial charge in [0.1, 0.15) is 0 Å². The Kier molecular flexibility index (Phi) is 5.69. The average molecular weight is 246 g/mol. The molecule has 1 heterocycles. The molecule has 0 spiro atoms. The van der Waals surface area contributed by atoms with Gasteiger partial charge in [-0.1, -0.05) is 26.2 Å². The van der Waals surface area contributed by atoms with Crippen molar-refractivity contribution in [3.05, 3.63) is 5.82 Å². The minimum Gasteiger partial charge on any atom is -0.310 e. The van der Waals surface area contributed by atoms with Crippen LogP contribution in [0, 0.1) is 0 Å². The van der Waals surface area contributed by atoms with E-state index in [0.717, 1.165) is 18.9 Å². The lowest BCUT2D eigenvalue weighted by molar-refractivity contribution is 0.315. The Morgan fingerprint density at radius 1 is 1.31 bits per heavy atom. The number of tetrazole rings is 1. The molecule has 1 aliphatic carbocycles. The summed E-state index contributed by atoms with van der Waals surface area (Å²) < 4.78 is 2.02. The van der Waals surface area contributed by atoms with Gasteiger partial charge in [0.05, 0.1) is 12.6 Å². The highest BCUT2D eigenvalue weighted by atomic mass is 35.5. The van der Waals surface area contributed by atoms with Gasteiger partial charge < -0.3 is 5.32 Å². The maximum absolute atomic E-state index is 4.11. The summed E-state index contributed by atoms with van der Waals surface area (Å²) in [4.78, 5) is 0. The first-order chi connectivity index (χ1) is 7.42. The summed E-state index contributed by atoms with van der Waals surface area (Å²) in [6, 6.07) is 0.530. The first kappa shape index (κ1) is 13.4. The van der Waals surface area contributed by atoms with E-state index < -0.39 is 0 Å². The third-order valence-electron chi connectivity index (χ3n) is 3.01. The molecule has 16 heavy (non-hydrogen) atoms. The molecule has 0 unspecified atom stereocenters. The van der Waals surface area contributed by atoms with E-state index in [0.29, 0.717) is 6.04 Å². The molecular formula is C10H20ClN5. The molecule has 1 aromatic rings. The van der Waals surface area contributed by atoms with Crippen LogP contribution in [-0.2, 0) is 6.54 Å². The minimum atomic E-state index is 0. The second kappa shape index (κ2) is 6.81. The molecule has 5 nitrogen and oxygen atoms in total. The van der Waals surface area contributed by atoms with Gasteiger partial charge in [0.25, 0.3) is 0 Å². The van der Waals surface area contributed by atoms with Crippen molar-refractivity contribution >= 4 is 12.4 Å². The van der Waals surface area contributed by atoms with Crippen molar-refractivity contribution < 1.29 is 0 Å². The smallest absolute Gasteiger partial charge is 0.165 e. The number of nitrogens with one attached hydrogen (secondary N) is 1. The van der Waals surface area contributed by atoms with Crippen molar-refractivity contribution in [1.29, 1.82) is 0 Å². The molecular weight excluding hydrogens is 226 g/mol. The highest BCUT2D eigenvalue weighted by Crippen LogP contribution is 2.27. The summed E-state index contributed by atoms with van der Waals surface area (Å²) in [6.45, 7) is 3.83. The molecule has 2 rings (SSSR count). The molecule has 92 valence electrons. The molecule has 6 heteroatoms. The van der Waals surface area contributed by atoms with Gasteiger partial charge in [0.2, 0.25) is 0 Å². The number of hydrogen-bond donors (Lipinski definition) is 1. The zero-order chi connectivity index (χ0) is 10.5. The molecule has 0 saturated heterocycles. The fourth-order valence-corrected chi connectivity index (χ4v) is 2.17. The molecule has 1 fully saturated rings. The summed E-state index contributed by atoms with van der Waals surface area (Å²) in [5, 5.41) is 15.2. The highest BCUT2D eigenvalue weighted by molar-refractivity contribution is 5.85. The van der Waals surface area contributed by atoms with Crippen LogP contribution in [0.25, 0.3) is 0 Å². The molecule has 0 atom stereocenters. The third kappa shape index (κ3) is 3.15. The van der Waals surface area contributed by atoms with Crippen molar-refractivity contribution in [1.82, 2.24) is 25.5 Å². The fraction of sp³-hybridized carbons (Fsp3) is 0.900. The Labute approximate surface area is 102 Å². The molecule has 0 radical (unpaired) electrons. The zero-order valence-electron chi connectivity index (χ0n) is 9.72. The van der Waals surface area contributed by atoms with Crippen molar-refractivity contribution in [2.24, 2.45) is 0 Å². The Morgan fingerprint density at radius 2 is 2.06 bits per heavy atom. The van der Waals surface area contributed by atoms with Crippen LogP contribution in [0.5, 0.6) is 0 Å². The molecule has 0 aliphatic heterocycles. The normalized spacial score (nSPS) is 17.1. The van der Waals surface area contributed by atoms with Crippen molar-refractivity contribution in [2.45, 2.75) is 51.6 Å². The molecule has 0 amide bonds. The van der Waals surface area contributed by atoms with Gasteiger partial charge >= 0.3 is 0 Å². The topological polar surface area (TPSA) is 55.6 Å². The Bertz CT molecular complexity index is 295. The average Bonchev–Trinajstić information content (AvgIpc) is 2.75. The van der Waals surface area contributed by atoms with Crippen molar-refractivity contribution in [3.8, 4) is 0 Å². The molecule has 1 saturated carbocycles. The summed E-state index contributed by atoms with van der Waals surface area (Å²) in [5.41, 5.74) is 0. The summed E-state index contributed by atoms with van der Waals surface area (Å²) >= 11 is 0. The number of halogens is 1. The van der Waals surface area contributed by atoms with Gasteiger partial charge in [-0.25, -0.2) is 4.68 Å². The second-order valence-electron chi connectivity index (χ2n) is 4.11. The highest BCUT2D eigenvalue weighted by Gasteiger charge is 2.19. The first-order valence-corrected chi connectivity index (χ1v) is 5.89. The van der Waals surface area contributed by atoms with E-state index in [-0.39, 0.29) is 12.4 Å². The lowest BCUT2D eigenvalue weighted by Crippen LogP contribution is -2.21. The van der Waals surface area contributed by atoms with E-state index in [4.69, 9.17) is 0 Å². The molecule has 0 bridgehead atoms. The molecule has 1 N–H and O–H groups in total. The van der Waals surface area contributed by atoms with Crippen LogP contribution in [-0.4, -0.2) is 26.8 Å². The summed E-state index contributed by atoms with van der Waals surface area (Å²) in [6.07, 6.45) is 6.44. The number of hydrogen-bond acceptors (Lipinski definition) is 4. The van der Waals surface area contributed by atoms with E-state index >= 15 is 0 Å². The zero-order valence-corrected chi connectivity index (χ0v) is 10.5. The SMILES string of the molecule is CCNCc1nnnn1C1CCCCC1.Cl. The van der Waals surface area contributed by atoms with Crippen LogP contribution >= 0.6 is 12.4 Å². The van der Waals surface area contributed by atoms with E-state index in [1.165, 1.54) is 32.1 Å². The fourth-order valence-electron chi connectivity index (χ4n) is 2.17.